The molecule has 0 aliphatic carbocycles. The van der Waals surface area contributed by atoms with E-state index >= 15 is 0 Å². The number of fused-ring (bicyclic) bond motifs is 1. The van der Waals surface area contributed by atoms with Crippen molar-refractivity contribution in [2.75, 3.05) is 0 Å². The van der Waals surface area contributed by atoms with Crippen molar-refractivity contribution in [1.29, 1.82) is 0 Å². The fourth-order valence-corrected chi connectivity index (χ4v) is 4.19. The molecule has 0 aliphatic rings. The Morgan fingerprint density at radius 3 is 2.70 bits per heavy atom. The van der Waals surface area contributed by atoms with Gasteiger partial charge in [0.05, 0.1) is 16.7 Å². The van der Waals surface area contributed by atoms with Crippen LogP contribution in [0.5, 0.6) is 0 Å². The number of imidazole rings is 1. The standard InChI is InChI=1S/C20H16ClN3O2S/c21-14-10-8-13(9-11-14)19-17(6-3-7-18(25)26)27-20(23-19)24-12-22-15-4-1-2-5-16(15)24/h1-2,4-5,8-12H,3,6-7H2,(H,25,26). The van der Waals surface area contributed by atoms with Gasteiger partial charge in [0.25, 0.3) is 0 Å². The van der Waals surface area contributed by atoms with Crippen molar-refractivity contribution in [3.63, 3.8) is 0 Å². The van der Waals surface area contributed by atoms with Gasteiger partial charge in [-0.1, -0.05) is 35.9 Å². The Morgan fingerprint density at radius 1 is 1.15 bits per heavy atom. The van der Waals surface area contributed by atoms with Crippen molar-refractivity contribution < 1.29 is 9.90 Å². The molecule has 0 spiro atoms. The van der Waals surface area contributed by atoms with Gasteiger partial charge in [0.15, 0.2) is 5.13 Å². The first-order valence-corrected chi connectivity index (χ1v) is 9.71. The van der Waals surface area contributed by atoms with Crippen LogP contribution in [0.1, 0.15) is 17.7 Å². The molecule has 7 heteroatoms. The minimum atomic E-state index is -0.784. The zero-order valence-electron chi connectivity index (χ0n) is 14.3. The zero-order chi connectivity index (χ0) is 18.8. The molecule has 4 aromatic rings. The average Bonchev–Trinajstić information content (AvgIpc) is 3.26. The van der Waals surface area contributed by atoms with Crippen molar-refractivity contribution in [2.24, 2.45) is 0 Å². The highest BCUT2D eigenvalue weighted by molar-refractivity contribution is 7.14. The summed E-state index contributed by atoms with van der Waals surface area (Å²) in [5, 5.41) is 10.4. The van der Waals surface area contributed by atoms with Crippen LogP contribution in [0.15, 0.2) is 54.9 Å². The van der Waals surface area contributed by atoms with Crippen molar-refractivity contribution in [1.82, 2.24) is 14.5 Å². The number of benzene rings is 2. The van der Waals surface area contributed by atoms with Crippen LogP contribution < -0.4 is 0 Å². The Bertz CT molecular complexity index is 1100. The Kier molecular flexibility index (Phi) is 4.92. The number of thiazole rings is 1. The molecule has 5 nitrogen and oxygen atoms in total. The lowest BCUT2D eigenvalue weighted by molar-refractivity contribution is -0.137. The second kappa shape index (κ2) is 7.50. The fraction of sp³-hybridized carbons (Fsp3) is 0.150. The SMILES string of the molecule is O=C(O)CCCc1sc(-n2cnc3ccccc32)nc1-c1ccc(Cl)cc1. The summed E-state index contributed by atoms with van der Waals surface area (Å²) in [5.74, 6) is -0.784. The van der Waals surface area contributed by atoms with Gasteiger partial charge in [-0.2, -0.15) is 0 Å². The molecule has 2 aromatic carbocycles. The van der Waals surface area contributed by atoms with E-state index < -0.39 is 5.97 Å². The van der Waals surface area contributed by atoms with E-state index in [9.17, 15) is 4.79 Å². The summed E-state index contributed by atoms with van der Waals surface area (Å²) in [4.78, 5) is 21.2. The Hall–Kier alpha value is -2.70. The van der Waals surface area contributed by atoms with Gasteiger partial charge in [-0.05, 0) is 37.1 Å². The first-order chi connectivity index (χ1) is 13.1. The smallest absolute Gasteiger partial charge is 0.303 e. The van der Waals surface area contributed by atoms with E-state index in [0.29, 0.717) is 17.9 Å². The molecule has 0 saturated heterocycles. The quantitative estimate of drug-likeness (QED) is 0.485. The first kappa shape index (κ1) is 17.7. The monoisotopic (exact) mass is 397 g/mol. The Morgan fingerprint density at radius 2 is 1.93 bits per heavy atom. The number of halogens is 1. The topological polar surface area (TPSA) is 68.0 Å². The maximum atomic E-state index is 10.9. The highest BCUT2D eigenvalue weighted by atomic mass is 35.5. The van der Waals surface area contributed by atoms with Crippen molar-refractivity contribution >= 4 is 39.9 Å². The molecule has 0 saturated carbocycles. The average molecular weight is 398 g/mol. The summed E-state index contributed by atoms with van der Waals surface area (Å²) >= 11 is 7.58. The van der Waals surface area contributed by atoms with Gasteiger partial charge in [-0.25, -0.2) is 9.97 Å². The predicted octanol–water partition coefficient (Wildman–Crippen LogP) is 5.21. The van der Waals surface area contributed by atoms with Gasteiger partial charge in [0.2, 0.25) is 0 Å². The highest BCUT2D eigenvalue weighted by Crippen LogP contribution is 2.33. The number of carbonyl (C=O) groups is 1. The predicted molar refractivity (Wildman–Crippen MR) is 108 cm³/mol. The lowest BCUT2D eigenvalue weighted by atomic mass is 10.1. The van der Waals surface area contributed by atoms with E-state index in [2.05, 4.69) is 4.98 Å². The molecule has 136 valence electrons. The van der Waals surface area contributed by atoms with E-state index in [-0.39, 0.29) is 6.42 Å². The second-order valence-corrected chi connectivity index (χ2v) is 7.62. The molecule has 0 bridgehead atoms. The van der Waals surface area contributed by atoms with E-state index in [1.54, 1.807) is 17.7 Å². The number of aliphatic carboxylic acids is 1. The van der Waals surface area contributed by atoms with Gasteiger partial charge in [0.1, 0.15) is 6.33 Å². The summed E-state index contributed by atoms with van der Waals surface area (Å²) in [7, 11) is 0. The fourth-order valence-electron chi connectivity index (χ4n) is 2.96. The molecule has 0 amide bonds. The lowest BCUT2D eigenvalue weighted by Gasteiger charge is -2.02. The minimum absolute atomic E-state index is 0.140. The number of carboxylic acid groups (broad SMARTS) is 1. The van der Waals surface area contributed by atoms with Gasteiger partial charge in [0, 0.05) is 21.9 Å². The number of hydrogen-bond acceptors (Lipinski definition) is 4. The minimum Gasteiger partial charge on any atom is -0.481 e. The van der Waals surface area contributed by atoms with Gasteiger partial charge in [-0.15, -0.1) is 11.3 Å². The third-order valence-electron chi connectivity index (χ3n) is 4.26. The number of aryl methyl sites for hydroxylation is 1. The Balaban J connectivity index is 1.76. The lowest BCUT2D eigenvalue weighted by Crippen LogP contribution is -1.95. The molecule has 0 atom stereocenters. The zero-order valence-corrected chi connectivity index (χ0v) is 15.9. The summed E-state index contributed by atoms with van der Waals surface area (Å²) < 4.78 is 1.97. The molecular formula is C20H16ClN3O2S. The van der Waals surface area contributed by atoms with Gasteiger partial charge < -0.3 is 5.11 Å². The number of nitrogens with zero attached hydrogens (tertiary/aromatic N) is 3. The van der Waals surface area contributed by atoms with Crippen molar-refractivity contribution in [3.8, 4) is 16.4 Å². The van der Waals surface area contributed by atoms with Crippen LogP contribution in [0.4, 0.5) is 0 Å². The number of rotatable bonds is 6. The molecule has 0 unspecified atom stereocenters. The van der Waals surface area contributed by atoms with Gasteiger partial charge in [-0.3, -0.25) is 9.36 Å². The molecule has 0 fully saturated rings. The third-order valence-corrected chi connectivity index (χ3v) is 5.62. The number of para-hydroxylation sites is 2. The van der Waals surface area contributed by atoms with Crippen molar-refractivity contribution in [2.45, 2.75) is 19.3 Å². The summed E-state index contributed by atoms with van der Waals surface area (Å²) in [6.07, 6.45) is 3.15. The van der Waals surface area contributed by atoms with Crippen LogP contribution >= 0.6 is 22.9 Å². The number of hydrogen-bond donors (Lipinski definition) is 1. The maximum Gasteiger partial charge on any atom is 0.303 e. The van der Waals surface area contributed by atoms with E-state index in [4.69, 9.17) is 21.7 Å². The number of carboxylic acids is 1. The Labute approximate surface area is 164 Å². The number of aromatic nitrogens is 3. The molecule has 2 heterocycles. The first-order valence-electron chi connectivity index (χ1n) is 8.52. The maximum absolute atomic E-state index is 10.9. The van der Waals surface area contributed by atoms with E-state index in [1.165, 1.54) is 0 Å². The molecule has 0 radical (unpaired) electrons. The molecule has 2 aromatic heterocycles. The summed E-state index contributed by atoms with van der Waals surface area (Å²) in [5.41, 5.74) is 3.74. The van der Waals surface area contributed by atoms with E-state index in [0.717, 1.165) is 32.3 Å². The molecular weight excluding hydrogens is 382 g/mol. The molecule has 27 heavy (non-hydrogen) atoms. The normalized spacial score (nSPS) is 11.1. The summed E-state index contributed by atoms with van der Waals surface area (Å²) in [6.45, 7) is 0. The van der Waals surface area contributed by atoms with Crippen LogP contribution in [-0.2, 0) is 11.2 Å². The third kappa shape index (κ3) is 3.72. The molecule has 0 aliphatic heterocycles. The molecule has 1 N–H and O–H groups in total. The van der Waals surface area contributed by atoms with Crippen molar-refractivity contribution in [3.05, 3.63) is 64.8 Å². The van der Waals surface area contributed by atoms with Gasteiger partial charge >= 0.3 is 5.97 Å². The second-order valence-electron chi connectivity index (χ2n) is 6.13. The van der Waals surface area contributed by atoms with E-state index in [1.807, 2.05) is 53.1 Å². The van der Waals surface area contributed by atoms with Crippen LogP contribution in [0.3, 0.4) is 0 Å². The largest absolute Gasteiger partial charge is 0.481 e. The molecule has 4 rings (SSSR count). The van der Waals surface area contributed by atoms with Crippen LogP contribution in [0.25, 0.3) is 27.4 Å². The van der Waals surface area contributed by atoms with Crippen LogP contribution in [-0.4, -0.2) is 25.6 Å². The van der Waals surface area contributed by atoms with Crippen LogP contribution in [0, 0.1) is 0 Å². The highest BCUT2D eigenvalue weighted by Gasteiger charge is 2.16. The summed E-state index contributed by atoms with van der Waals surface area (Å²) in [6, 6.07) is 15.5. The van der Waals surface area contributed by atoms with Crippen LogP contribution in [0.2, 0.25) is 5.02 Å².